The first-order valence-electron chi connectivity index (χ1n) is 7.60. The van der Waals surface area contributed by atoms with Crippen LogP contribution in [-0.2, 0) is 4.79 Å². The average molecular weight is 300 g/mol. The van der Waals surface area contributed by atoms with Crippen LogP contribution in [0.15, 0.2) is 36.7 Å². The van der Waals surface area contributed by atoms with Crippen LogP contribution >= 0.6 is 0 Å². The van der Waals surface area contributed by atoms with Gasteiger partial charge in [-0.1, -0.05) is 25.1 Å². The number of piperidine rings is 1. The molecule has 1 aromatic heterocycles. The van der Waals surface area contributed by atoms with Crippen LogP contribution in [0.4, 0.5) is 0 Å². The molecule has 0 saturated carbocycles. The molecule has 0 bridgehead atoms. The lowest BCUT2D eigenvalue weighted by Gasteiger charge is -2.30. The largest absolute Gasteiger partial charge is 0.452 e. The minimum atomic E-state index is -0.00841. The van der Waals surface area contributed by atoms with Crippen LogP contribution in [0.3, 0.4) is 0 Å². The molecule has 116 valence electrons. The molecule has 6 nitrogen and oxygen atoms in total. The second-order valence-corrected chi connectivity index (χ2v) is 5.68. The van der Waals surface area contributed by atoms with Gasteiger partial charge < -0.3 is 9.64 Å². The molecule has 1 amide bonds. The van der Waals surface area contributed by atoms with Gasteiger partial charge in [0.2, 0.25) is 0 Å². The van der Waals surface area contributed by atoms with Crippen LogP contribution in [0.5, 0.6) is 6.01 Å². The van der Waals surface area contributed by atoms with Crippen LogP contribution in [0.25, 0.3) is 5.69 Å². The molecule has 0 spiro atoms. The van der Waals surface area contributed by atoms with Gasteiger partial charge in [-0.15, -0.1) is 5.10 Å². The predicted molar refractivity (Wildman–Crippen MR) is 81.8 cm³/mol. The summed E-state index contributed by atoms with van der Waals surface area (Å²) in [6.07, 6.45) is 3.83. The van der Waals surface area contributed by atoms with Crippen LogP contribution in [0.1, 0.15) is 19.8 Å². The number of nitrogens with zero attached hydrogens (tertiary/aromatic N) is 4. The molecule has 22 heavy (non-hydrogen) atoms. The van der Waals surface area contributed by atoms with Crippen LogP contribution < -0.4 is 4.74 Å². The second-order valence-electron chi connectivity index (χ2n) is 5.68. The summed E-state index contributed by atoms with van der Waals surface area (Å²) >= 11 is 0. The van der Waals surface area contributed by atoms with Crippen molar-refractivity contribution >= 4 is 5.91 Å². The van der Waals surface area contributed by atoms with Crippen molar-refractivity contribution in [2.45, 2.75) is 19.8 Å². The van der Waals surface area contributed by atoms with E-state index in [1.54, 1.807) is 11.0 Å². The Hall–Kier alpha value is -2.37. The number of carbonyl (C=O) groups is 1. The fourth-order valence-corrected chi connectivity index (χ4v) is 2.65. The summed E-state index contributed by atoms with van der Waals surface area (Å²) < 4.78 is 7.05. The van der Waals surface area contributed by atoms with Crippen molar-refractivity contribution in [3.63, 3.8) is 0 Å². The van der Waals surface area contributed by atoms with E-state index in [9.17, 15) is 4.79 Å². The van der Waals surface area contributed by atoms with E-state index in [1.165, 1.54) is 6.42 Å². The zero-order chi connectivity index (χ0) is 15.4. The molecule has 2 heterocycles. The third-order valence-electron chi connectivity index (χ3n) is 3.83. The van der Waals surface area contributed by atoms with Crippen molar-refractivity contribution in [2.24, 2.45) is 5.92 Å². The van der Waals surface area contributed by atoms with Gasteiger partial charge in [-0.2, -0.15) is 4.98 Å². The lowest BCUT2D eigenvalue weighted by atomic mass is 10.0. The number of benzene rings is 1. The SMILES string of the molecule is CC1CCCN(C(=O)COc2ncn(-c3ccccc3)n2)C1. The fourth-order valence-electron chi connectivity index (χ4n) is 2.65. The summed E-state index contributed by atoms with van der Waals surface area (Å²) in [7, 11) is 0. The number of ether oxygens (including phenoxy) is 1. The molecule has 3 rings (SSSR count). The Bertz CT molecular complexity index is 626. The number of hydrogen-bond donors (Lipinski definition) is 0. The van der Waals surface area contributed by atoms with Gasteiger partial charge in [0.25, 0.3) is 5.91 Å². The van der Waals surface area contributed by atoms with Crippen molar-refractivity contribution in [3.8, 4) is 11.7 Å². The van der Waals surface area contributed by atoms with Crippen LogP contribution in [-0.4, -0.2) is 45.3 Å². The highest BCUT2D eigenvalue weighted by atomic mass is 16.5. The Morgan fingerprint density at radius 3 is 2.95 bits per heavy atom. The fraction of sp³-hybridized carbons (Fsp3) is 0.438. The quantitative estimate of drug-likeness (QED) is 0.865. The molecular formula is C16H20N4O2. The molecule has 1 aliphatic rings. The zero-order valence-corrected chi connectivity index (χ0v) is 12.7. The number of amides is 1. The Morgan fingerprint density at radius 2 is 2.18 bits per heavy atom. The third kappa shape index (κ3) is 3.44. The normalized spacial score (nSPS) is 18.2. The maximum Gasteiger partial charge on any atom is 0.336 e. The van der Waals surface area contributed by atoms with Gasteiger partial charge in [0.1, 0.15) is 6.33 Å². The Balaban J connectivity index is 1.56. The van der Waals surface area contributed by atoms with Crippen LogP contribution in [0.2, 0.25) is 0 Å². The van der Waals surface area contributed by atoms with Gasteiger partial charge >= 0.3 is 6.01 Å². The smallest absolute Gasteiger partial charge is 0.336 e. The van der Waals surface area contributed by atoms with Crippen molar-refractivity contribution in [1.29, 1.82) is 0 Å². The summed E-state index contributed by atoms with van der Waals surface area (Å²) in [6.45, 7) is 3.79. The summed E-state index contributed by atoms with van der Waals surface area (Å²) in [5.74, 6) is 0.565. The van der Waals surface area contributed by atoms with Gasteiger partial charge in [0.15, 0.2) is 6.61 Å². The first-order valence-corrected chi connectivity index (χ1v) is 7.60. The third-order valence-corrected chi connectivity index (χ3v) is 3.83. The van der Waals surface area contributed by atoms with E-state index in [-0.39, 0.29) is 18.5 Å². The highest BCUT2D eigenvalue weighted by molar-refractivity contribution is 5.77. The van der Waals surface area contributed by atoms with Gasteiger partial charge in [-0.05, 0) is 30.9 Å². The topological polar surface area (TPSA) is 60.3 Å². The first-order chi connectivity index (χ1) is 10.7. The number of para-hydroxylation sites is 1. The molecule has 0 N–H and O–H groups in total. The summed E-state index contributed by atoms with van der Waals surface area (Å²) in [5.41, 5.74) is 0.904. The molecular weight excluding hydrogens is 280 g/mol. The number of carbonyl (C=O) groups excluding carboxylic acids is 1. The Morgan fingerprint density at radius 1 is 1.36 bits per heavy atom. The van der Waals surface area contributed by atoms with E-state index in [2.05, 4.69) is 17.0 Å². The molecule has 0 aliphatic carbocycles. The van der Waals surface area contributed by atoms with Crippen molar-refractivity contribution in [1.82, 2.24) is 19.7 Å². The number of aromatic nitrogens is 3. The molecule has 1 saturated heterocycles. The molecule has 0 radical (unpaired) electrons. The summed E-state index contributed by atoms with van der Waals surface area (Å²) in [5, 5.41) is 4.23. The molecule has 1 atom stereocenters. The van der Waals surface area contributed by atoms with Gasteiger partial charge in [-0.25, -0.2) is 4.68 Å². The average Bonchev–Trinajstić information content (AvgIpc) is 3.02. The zero-order valence-electron chi connectivity index (χ0n) is 12.7. The number of rotatable bonds is 4. The summed E-state index contributed by atoms with van der Waals surface area (Å²) in [6, 6.07) is 9.88. The van der Waals surface area contributed by atoms with E-state index in [1.807, 2.05) is 35.2 Å². The molecule has 1 fully saturated rings. The van der Waals surface area contributed by atoms with Gasteiger partial charge in [0, 0.05) is 13.1 Å². The maximum atomic E-state index is 12.1. The molecule has 1 aromatic carbocycles. The maximum absolute atomic E-state index is 12.1. The Kier molecular flexibility index (Phi) is 4.37. The van der Waals surface area contributed by atoms with E-state index >= 15 is 0 Å². The second kappa shape index (κ2) is 6.60. The van der Waals surface area contributed by atoms with Gasteiger partial charge in [0.05, 0.1) is 5.69 Å². The van der Waals surface area contributed by atoms with E-state index < -0.39 is 0 Å². The number of likely N-dealkylation sites (tertiary alicyclic amines) is 1. The highest BCUT2D eigenvalue weighted by Crippen LogP contribution is 2.15. The van der Waals surface area contributed by atoms with Crippen molar-refractivity contribution < 1.29 is 9.53 Å². The molecule has 2 aromatic rings. The van der Waals surface area contributed by atoms with E-state index in [0.717, 1.165) is 25.2 Å². The number of hydrogen-bond acceptors (Lipinski definition) is 4. The molecule has 6 heteroatoms. The first kappa shape index (κ1) is 14.6. The van der Waals surface area contributed by atoms with Crippen molar-refractivity contribution in [3.05, 3.63) is 36.7 Å². The Labute approximate surface area is 129 Å². The lowest BCUT2D eigenvalue weighted by Crippen LogP contribution is -2.41. The minimum Gasteiger partial charge on any atom is -0.452 e. The van der Waals surface area contributed by atoms with Crippen molar-refractivity contribution in [2.75, 3.05) is 19.7 Å². The van der Waals surface area contributed by atoms with Crippen LogP contribution in [0, 0.1) is 5.92 Å². The lowest BCUT2D eigenvalue weighted by molar-refractivity contribution is -0.135. The summed E-state index contributed by atoms with van der Waals surface area (Å²) in [4.78, 5) is 18.1. The standard InChI is InChI=1S/C16H20N4O2/c1-13-6-5-9-19(10-13)15(21)11-22-16-17-12-20(18-16)14-7-3-2-4-8-14/h2-4,7-8,12-13H,5-6,9-11H2,1H3. The molecule has 1 unspecified atom stereocenters. The van der Waals surface area contributed by atoms with E-state index in [0.29, 0.717) is 5.92 Å². The van der Waals surface area contributed by atoms with Gasteiger partial charge in [-0.3, -0.25) is 4.79 Å². The predicted octanol–water partition coefficient (Wildman–Crippen LogP) is 1.90. The van der Waals surface area contributed by atoms with E-state index in [4.69, 9.17) is 4.74 Å². The minimum absolute atomic E-state index is 0.00242. The molecule has 1 aliphatic heterocycles. The highest BCUT2D eigenvalue weighted by Gasteiger charge is 2.21. The monoisotopic (exact) mass is 300 g/mol.